The van der Waals surface area contributed by atoms with Crippen molar-refractivity contribution < 1.29 is 14.0 Å². The number of benzene rings is 2. The lowest BCUT2D eigenvalue weighted by atomic mass is 9.99. The zero-order valence-corrected chi connectivity index (χ0v) is 15.4. The van der Waals surface area contributed by atoms with Crippen LogP contribution in [-0.2, 0) is 22.6 Å². The molecule has 0 radical (unpaired) electrons. The number of carbonyl (C=O) groups is 2. The topological polar surface area (TPSA) is 49.4 Å². The molecule has 1 unspecified atom stereocenters. The highest BCUT2D eigenvalue weighted by atomic mass is 32.2. The number of rotatable bonds is 5. The van der Waals surface area contributed by atoms with Crippen LogP contribution in [0.15, 0.2) is 53.4 Å². The van der Waals surface area contributed by atoms with Crippen molar-refractivity contribution in [3.05, 3.63) is 65.5 Å². The van der Waals surface area contributed by atoms with Gasteiger partial charge in [0.25, 0.3) is 0 Å². The molecule has 1 aliphatic heterocycles. The number of halogens is 1. The molecule has 2 amide bonds. The van der Waals surface area contributed by atoms with Crippen molar-refractivity contribution in [1.29, 1.82) is 0 Å². The molecule has 1 atom stereocenters. The summed E-state index contributed by atoms with van der Waals surface area (Å²) in [4.78, 5) is 27.2. The van der Waals surface area contributed by atoms with Crippen LogP contribution in [0.5, 0.6) is 0 Å². The van der Waals surface area contributed by atoms with Crippen molar-refractivity contribution in [2.24, 2.45) is 0 Å². The average Bonchev–Trinajstić information content (AvgIpc) is 2.65. The second-order valence-corrected chi connectivity index (χ2v) is 7.39. The molecule has 136 valence electrons. The SMILES string of the molecule is CC(=O)NC(CSc1ccc(F)cc1)C(=O)N1CCc2ccccc2C1. The standard InChI is InChI=1S/C20H21FN2O2S/c1-14(24)22-19(13-26-18-8-6-17(21)7-9-18)20(25)23-11-10-15-4-2-3-5-16(15)12-23/h2-9,19H,10-13H2,1H3,(H,22,24). The van der Waals surface area contributed by atoms with Crippen LogP contribution in [0.4, 0.5) is 4.39 Å². The summed E-state index contributed by atoms with van der Waals surface area (Å²) < 4.78 is 13.0. The van der Waals surface area contributed by atoms with Gasteiger partial charge in [0.05, 0.1) is 0 Å². The van der Waals surface area contributed by atoms with E-state index >= 15 is 0 Å². The van der Waals surface area contributed by atoms with E-state index in [4.69, 9.17) is 0 Å². The minimum absolute atomic E-state index is 0.0793. The van der Waals surface area contributed by atoms with Crippen LogP contribution < -0.4 is 5.32 Å². The Labute approximate surface area is 156 Å². The molecular formula is C20H21FN2O2S. The molecule has 0 aliphatic carbocycles. The highest BCUT2D eigenvalue weighted by molar-refractivity contribution is 7.99. The summed E-state index contributed by atoms with van der Waals surface area (Å²) in [5.41, 5.74) is 2.42. The summed E-state index contributed by atoms with van der Waals surface area (Å²) in [6, 6.07) is 13.6. The minimum Gasteiger partial charge on any atom is -0.344 e. The van der Waals surface area contributed by atoms with E-state index in [1.165, 1.54) is 36.4 Å². The number of thioether (sulfide) groups is 1. The number of nitrogens with one attached hydrogen (secondary N) is 1. The molecule has 0 saturated heterocycles. The lowest BCUT2D eigenvalue weighted by molar-refractivity contribution is -0.136. The Morgan fingerprint density at radius 2 is 1.85 bits per heavy atom. The number of nitrogens with zero attached hydrogens (tertiary/aromatic N) is 1. The van der Waals surface area contributed by atoms with Gasteiger partial charge in [0.2, 0.25) is 11.8 Å². The number of fused-ring (bicyclic) bond motifs is 1. The molecule has 0 aromatic heterocycles. The van der Waals surface area contributed by atoms with Gasteiger partial charge in [0.15, 0.2) is 0 Å². The zero-order chi connectivity index (χ0) is 18.5. The number of carbonyl (C=O) groups excluding carboxylic acids is 2. The first-order chi connectivity index (χ1) is 12.5. The van der Waals surface area contributed by atoms with E-state index in [1.54, 1.807) is 17.0 Å². The molecular weight excluding hydrogens is 351 g/mol. The molecule has 0 spiro atoms. The van der Waals surface area contributed by atoms with Gasteiger partial charge in [-0.1, -0.05) is 24.3 Å². The Hall–Kier alpha value is -2.34. The van der Waals surface area contributed by atoms with Gasteiger partial charge < -0.3 is 10.2 Å². The maximum atomic E-state index is 13.0. The molecule has 3 rings (SSSR count). The molecule has 0 fully saturated rings. The summed E-state index contributed by atoms with van der Waals surface area (Å²) in [5, 5.41) is 2.76. The van der Waals surface area contributed by atoms with Gasteiger partial charge in [-0.2, -0.15) is 0 Å². The van der Waals surface area contributed by atoms with Crippen LogP contribution in [0.25, 0.3) is 0 Å². The van der Waals surface area contributed by atoms with Crippen molar-refractivity contribution in [3.63, 3.8) is 0 Å². The molecule has 2 aromatic rings. The van der Waals surface area contributed by atoms with Crippen LogP contribution >= 0.6 is 11.8 Å². The first kappa shape index (κ1) is 18.5. The molecule has 2 aromatic carbocycles. The fourth-order valence-corrected chi connectivity index (χ4v) is 3.95. The molecule has 4 nitrogen and oxygen atoms in total. The van der Waals surface area contributed by atoms with E-state index in [2.05, 4.69) is 11.4 Å². The minimum atomic E-state index is -0.604. The van der Waals surface area contributed by atoms with Crippen molar-refractivity contribution >= 4 is 23.6 Å². The normalized spacial score (nSPS) is 14.5. The van der Waals surface area contributed by atoms with E-state index in [9.17, 15) is 14.0 Å². The maximum absolute atomic E-state index is 13.0. The van der Waals surface area contributed by atoms with E-state index in [1.807, 2.05) is 18.2 Å². The summed E-state index contributed by atoms with van der Waals surface area (Å²) in [5.74, 6) is -0.206. The summed E-state index contributed by atoms with van der Waals surface area (Å²) in [6.45, 7) is 2.62. The summed E-state index contributed by atoms with van der Waals surface area (Å²) in [7, 11) is 0. The van der Waals surface area contributed by atoms with E-state index < -0.39 is 6.04 Å². The number of hydrogen-bond donors (Lipinski definition) is 1. The summed E-state index contributed by atoms with van der Waals surface area (Å²) in [6.07, 6.45) is 0.819. The molecule has 1 heterocycles. The molecule has 26 heavy (non-hydrogen) atoms. The quantitative estimate of drug-likeness (QED) is 0.821. The maximum Gasteiger partial charge on any atom is 0.246 e. The highest BCUT2D eigenvalue weighted by Gasteiger charge is 2.28. The van der Waals surface area contributed by atoms with E-state index in [0.717, 1.165) is 16.9 Å². The third kappa shape index (κ3) is 4.64. The zero-order valence-electron chi connectivity index (χ0n) is 14.6. The van der Waals surface area contributed by atoms with Gasteiger partial charge in [-0.05, 0) is 41.8 Å². The van der Waals surface area contributed by atoms with Crippen LogP contribution in [0.3, 0.4) is 0 Å². The van der Waals surface area contributed by atoms with Crippen molar-refractivity contribution in [2.45, 2.75) is 30.8 Å². The third-order valence-corrected chi connectivity index (χ3v) is 5.45. The van der Waals surface area contributed by atoms with Gasteiger partial charge in [-0.25, -0.2) is 4.39 Å². The van der Waals surface area contributed by atoms with Crippen molar-refractivity contribution in [2.75, 3.05) is 12.3 Å². The van der Waals surface area contributed by atoms with Gasteiger partial charge >= 0.3 is 0 Å². The van der Waals surface area contributed by atoms with Crippen molar-refractivity contribution in [3.8, 4) is 0 Å². The fraction of sp³-hybridized carbons (Fsp3) is 0.300. The number of amides is 2. The lowest BCUT2D eigenvalue weighted by Gasteiger charge is -2.32. The molecule has 6 heteroatoms. The van der Waals surface area contributed by atoms with Gasteiger partial charge in [-0.15, -0.1) is 11.8 Å². The Bertz CT molecular complexity index is 795. The second-order valence-electron chi connectivity index (χ2n) is 6.30. The fourth-order valence-electron chi connectivity index (χ4n) is 3.03. The van der Waals surface area contributed by atoms with Crippen LogP contribution in [-0.4, -0.2) is 35.1 Å². The lowest BCUT2D eigenvalue weighted by Crippen LogP contribution is -2.50. The first-order valence-electron chi connectivity index (χ1n) is 8.54. The average molecular weight is 372 g/mol. The van der Waals surface area contributed by atoms with Gasteiger partial charge in [0.1, 0.15) is 11.9 Å². The first-order valence-corrected chi connectivity index (χ1v) is 9.52. The second kappa shape index (κ2) is 8.36. The number of hydrogen-bond acceptors (Lipinski definition) is 3. The van der Waals surface area contributed by atoms with E-state index in [0.29, 0.717) is 18.8 Å². The van der Waals surface area contributed by atoms with Gasteiger partial charge in [-0.3, -0.25) is 9.59 Å². The Kier molecular flexibility index (Phi) is 5.93. The molecule has 0 saturated carbocycles. The Morgan fingerprint density at radius 3 is 2.54 bits per heavy atom. The smallest absolute Gasteiger partial charge is 0.246 e. The molecule has 0 bridgehead atoms. The van der Waals surface area contributed by atoms with Gasteiger partial charge in [0, 0.05) is 30.7 Å². The largest absolute Gasteiger partial charge is 0.344 e. The van der Waals surface area contributed by atoms with Crippen molar-refractivity contribution in [1.82, 2.24) is 10.2 Å². The highest BCUT2D eigenvalue weighted by Crippen LogP contribution is 2.22. The van der Waals surface area contributed by atoms with Crippen LogP contribution in [0.2, 0.25) is 0 Å². The Morgan fingerprint density at radius 1 is 1.15 bits per heavy atom. The van der Waals surface area contributed by atoms with E-state index in [-0.39, 0.29) is 17.6 Å². The predicted molar refractivity (Wildman–Crippen MR) is 100 cm³/mol. The molecule has 1 aliphatic rings. The third-order valence-electron chi connectivity index (χ3n) is 4.35. The Balaban J connectivity index is 1.67. The van der Waals surface area contributed by atoms with Crippen LogP contribution in [0, 0.1) is 5.82 Å². The predicted octanol–water partition coefficient (Wildman–Crippen LogP) is 3.01. The molecule has 1 N–H and O–H groups in total. The summed E-state index contributed by atoms with van der Waals surface area (Å²) >= 11 is 1.43. The monoisotopic (exact) mass is 372 g/mol. The van der Waals surface area contributed by atoms with Crippen LogP contribution in [0.1, 0.15) is 18.1 Å².